The number of nitro benzene ring substituents is 1. The molecule has 0 aliphatic heterocycles. The van der Waals surface area contributed by atoms with Crippen molar-refractivity contribution in [3.63, 3.8) is 0 Å². The summed E-state index contributed by atoms with van der Waals surface area (Å²) in [5.41, 5.74) is -0.166. The first-order valence-corrected chi connectivity index (χ1v) is 8.24. The van der Waals surface area contributed by atoms with E-state index >= 15 is 0 Å². The van der Waals surface area contributed by atoms with Gasteiger partial charge in [-0.3, -0.25) is 14.8 Å². The highest BCUT2D eigenvalue weighted by Crippen LogP contribution is 2.33. The molecular weight excluding hydrogens is 375 g/mol. The molecule has 2 aromatic rings. The van der Waals surface area contributed by atoms with Gasteiger partial charge in [0.1, 0.15) is 0 Å². The lowest BCUT2D eigenvalue weighted by atomic mass is 10.3. The van der Waals surface area contributed by atoms with Crippen LogP contribution in [0.1, 0.15) is 0 Å². The molecule has 0 aromatic heterocycles. The maximum Gasteiger partial charge on any atom is 0.269 e. The largest absolute Gasteiger partial charge is 0.278 e. The zero-order valence-corrected chi connectivity index (χ0v) is 13.7. The molecule has 0 aliphatic rings. The van der Waals surface area contributed by atoms with Gasteiger partial charge in [0.15, 0.2) is 0 Å². The Morgan fingerprint density at radius 2 is 1.50 bits per heavy atom. The lowest BCUT2D eigenvalue weighted by Gasteiger charge is -2.10. The predicted octanol–water partition coefficient (Wildman–Crippen LogP) is 4.36. The molecule has 0 unspecified atom stereocenters. The van der Waals surface area contributed by atoms with Crippen LogP contribution in [0.2, 0.25) is 15.1 Å². The SMILES string of the molecule is O=[N+]([O-])c1ccc(S(=O)(=O)Nc2cc(Cl)c(Cl)cc2Cl)cc1. The molecule has 0 saturated heterocycles. The predicted molar refractivity (Wildman–Crippen MR) is 85.4 cm³/mol. The van der Waals surface area contributed by atoms with Crippen molar-refractivity contribution in [2.45, 2.75) is 4.90 Å². The molecule has 2 aromatic carbocycles. The van der Waals surface area contributed by atoms with E-state index in [0.717, 1.165) is 24.3 Å². The highest BCUT2D eigenvalue weighted by molar-refractivity contribution is 7.92. The number of nitrogens with zero attached hydrogens (tertiary/aromatic N) is 1. The zero-order valence-electron chi connectivity index (χ0n) is 10.6. The van der Waals surface area contributed by atoms with E-state index in [-0.39, 0.29) is 31.3 Å². The maximum absolute atomic E-state index is 12.2. The number of rotatable bonds is 4. The normalized spacial score (nSPS) is 11.2. The standard InChI is InChI=1S/C12H7Cl3N2O4S/c13-9-5-11(15)12(6-10(9)14)16-22(20,21)8-3-1-7(2-4-8)17(18)19/h1-6,16H. The second-order valence-corrected chi connectivity index (χ2v) is 7.01. The second kappa shape index (κ2) is 6.29. The Bertz CT molecular complexity index is 838. The molecule has 10 heteroatoms. The Morgan fingerprint density at radius 1 is 0.955 bits per heavy atom. The van der Waals surface area contributed by atoms with Crippen molar-refractivity contribution in [1.29, 1.82) is 0 Å². The summed E-state index contributed by atoms with van der Waals surface area (Å²) in [7, 11) is -3.97. The first-order valence-electron chi connectivity index (χ1n) is 5.62. The number of hydrogen-bond acceptors (Lipinski definition) is 4. The van der Waals surface area contributed by atoms with Gasteiger partial charge in [0, 0.05) is 12.1 Å². The number of hydrogen-bond donors (Lipinski definition) is 1. The summed E-state index contributed by atoms with van der Waals surface area (Å²) < 4.78 is 26.7. The number of nitrogens with one attached hydrogen (secondary N) is 1. The van der Waals surface area contributed by atoms with Gasteiger partial charge in [0.25, 0.3) is 15.7 Å². The van der Waals surface area contributed by atoms with Gasteiger partial charge in [-0.05, 0) is 24.3 Å². The van der Waals surface area contributed by atoms with E-state index in [1.54, 1.807) is 0 Å². The zero-order chi connectivity index (χ0) is 16.5. The molecule has 0 bridgehead atoms. The Balaban J connectivity index is 2.35. The van der Waals surface area contributed by atoms with E-state index in [9.17, 15) is 18.5 Å². The van der Waals surface area contributed by atoms with Crippen LogP contribution in [0.25, 0.3) is 0 Å². The molecule has 0 atom stereocenters. The fraction of sp³-hybridized carbons (Fsp3) is 0. The fourth-order valence-electron chi connectivity index (χ4n) is 1.55. The third kappa shape index (κ3) is 3.61. The highest BCUT2D eigenvalue weighted by atomic mass is 35.5. The summed E-state index contributed by atoms with van der Waals surface area (Å²) >= 11 is 17.5. The van der Waals surface area contributed by atoms with E-state index < -0.39 is 14.9 Å². The molecule has 6 nitrogen and oxygen atoms in total. The van der Waals surface area contributed by atoms with Gasteiger partial charge in [-0.25, -0.2) is 8.42 Å². The molecule has 0 spiro atoms. The van der Waals surface area contributed by atoms with Crippen LogP contribution < -0.4 is 4.72 Å². The summed E-state index contributed by atoms with van der Waals surface area (Å²) in [5, 5.41) is 10.9. The second-order valence-electron chi connectivity index (χ2n) is 4.10. The van der Waals surface area contributed by atoms with E-state index in [1.807, 2.05) is 0 Å². The van der Waals surface area contributed by atoms with E-state index in [2.05, 4.69) is 4.72 Å². The fourth-order valence-corrected chi connectivity index (χ4v) is 3.27. The van der Waals surface area contributed by atoms with Crippen molar-refractivity contribution in [3.8, 4) is 0 Å². The van der Waals surface area contributed by atoms with Crippen LogP contribution in [0, 0.1) is 10.1 Å². The highest BCUT2D eigenvalue weighted by Gasteiger charge is 2.18. The van der Waals surface area contributed by atoms with Crippen LogP contribution in [0.15, 0.2) is 41.3 Å². The van der Waals surface area contributed by atoms with Crippen molar-refractivity contribution in [3.05, 3.63) is 61.6 Å². The smallest absolute Gasteiger partial charge is 0.269 e. The summed E-state index contributed by atoms with van der Waals surface area (Å²) in [6.07, 6.45) is 0. The van der Waals surface area contributed by atoms with Crippen molar-refractivity contribution in [2.75, 3.05) is 4.72 Å². The van der Waals surface area contributed by atoms with Gasteiger partial charge in [-0.15, -0.1) is 0 Å². The third-order valence-corrected chi connectivity index (χ3v) is 5.03. The Labute approximate surface area is 140 Å². The Hall–Kier alpha value is -1.54. The van der Waals surface area contributed by atoms with Crippen molar-refractivity contribution in [1.82, 2.24) is 0 Å². The minimum Gasteiger partial charge on any atom is -0.278 e. The number of non-ortho nitro benzene ring substituents is 1. The number of benzene rings is 2. The molecule has 0 fully saturated rings. The molecule has 0 saturated carbocycles. The first kappa shape index (κ1) is 16.8. The molecule has 116 valence electrons. The van der Waals surface area contributed by atoms with Crippen LogP contribution in [0.5, 0.6) is 0 Å². The topological polar surface area (TPSA) is 89.3 Å². The van der Waals surface area contributed by atoms with Gasteiger partial charge >= 0.3 is 0 Å². The lowest BCUT2D eigenvalue weighted by molar-refractivity contribution is -0.384. The van der Waals surface area contributed by atoms with Gasteiger partial charge in [0.2, 0.25) is 0 Å². The van der Waals surface area contributed by atoms with Gasteiger partial charge in [0.05, 0.1) is 30.6 Å². The molecule has 2 rings (SSSR count). The Kier molecular flexibility index (Phi) is 4.81. The molecule has 0 radical (unpaired) electrons. The summed E-state index contributed by atoms with van der Waals surface area (Å²) in [5.74, 6) is 0. The van der Waals surface area contributed by atoms with Gasteiger partial charge < -0.3 is 0 Å². The average Bonchev–Trinajstić information content (AvgIpc) is 2.44. The molecule has 22 heavy (non-hydrogen) atoms. The molecule has 0 heterocycles. The lowest BCUT2D eigenvalue weighted by Crippen LogP contribution is -2.13. The van der Waals surface area contributed by atoms with Crippen molar-refractivity contribution < 1.29 is 13.3 Å². The minimum absolute atomic E-state index is 0.0504. The summed E-state index contributed by atoms with van der Waals surface area (Å²) in [6.45, 7) is 0. The minimum atomic E-state index is -3.97. The van der Waals surface area contributed by atoms with Crippen molar-refractivity contribution >= 4 is 56.2 Å². The van der Waals surface area contributed by atoms with E-state index in [4.69, 9.17) is 34.8 Å². The molecule has 1 N–H and O–H groups in total. The average molecular weight is 382 g/mol. The first-order chi connectivity index (χ1) is 10.2. The number of anilines is 1. The Morgan fingerprint density at radius 3 is 2.05 bits per heavy atom. The number of sulfonamides is 1. The third-order valence-electron chi connectivity index (χ3n) is 2.61. The van der Waals surface area contributed by atoms with Gasteiger partial charge in [-0.1, -0.05) is 34.8 Å². The van der Waals surface area contributed by atoms with Crippen LogP contribution in [0.3, 0.4) is 0 Å². The van der Waals surface area contributed by atoms with E-state index in [1.165, 1.54) is 12.1 Å². The van der Waals surface area contributed by atoms with E-state index in [0.29, 0.717) is 0 Å². The van der Waals surface area contributed by atoms with Crippen molar-refractivity contribution in [2.24, 2.45) is 0 Å². The van der Waals surface area contributed by atoms with Crippen LogP contribution in [0.4, 0.5) is 11.4 Å². The molecule has 0 amide bonds. The van der Waals surface area contributed by atoms with Gasteiger partial charge in [-0.2, -0.15) is 0 Å². The summed E-state index contributed by atoms with van der Waals surface area (Å²) in [6, 6.07) is 6.99. The van der Waals surface area contributed by atoms with Crippen LogP contribution in [-0.2, 0) is 10.0 Å². The maximum atomic E-state index is 12.2. The number of halogens is 3. The number of nitro groups is 1. The quantitative estimate of drug-likeness (QED) is 0.484. The van der Waals surface area contributed by atoms with Crippen LogP contribution in [-0.4, -0.2) is 13.3 Å². The molecule has 0 aliphatic carbocycles. The monoisotopic (exact) mass is 380 g/mol. The molecular formula is C12H7Cl3N2O4S. The van der Waals surface area contributed by atoms with Crippen LogP contribution >= 0.6 is 34.8 Å². The summed E-state index contributed by atoms with van der Waals surface area (Å²) in [4.78, 5) is 9.78.